The SMILES string of the molecule is CCCn1ncnc1COc1c(Cl)cccc1CN. The third-order valence-corrected chi connectivity index (χ3v) is 3.04. The fourth-order valence-electron chi connectivity index (χ4n) is 1.81. The van der Waals surface area contributed by atoms with Crippen LogP contribution in [0.4, 0.5) is 0 Å². The number of ether oxygens (including phenoxy) is 1. The number of nitrogens with zero attached hydrogens (tertiary/aromatic N) is 3. The molecule has 2 aromatic rings. The zero-order chi connectivity index (χ0) is 13.7. The Kier molecular flexibility index (Phi) is 4.76. The Hall–Kier alpha value is -1.59. The maximum Gasteiger partial charge on any atom is 0.164 e. The first kappa shape index (κ1) is 13.8. The maximum absolute atomic E-state index is 6.13. The highest BCUT2D eigenvalue weighted by Gasteiger charge is 2.10. The van der Waals surface area contributed by atoms with Crippen molar-refractivity contribution in [3.05, 3.63) is 40.9 Å². The van der Waals surface area contributed by atoms with Gasteiger partial charge in [0.25, 0.3) is 0 Å². The van der Waals surface area contributed by atoms with Gasteiger partial charge in [-0.3, -0.25) is 0 Å². The molecular formula is C13H17ClN4O. The molecule has 0 atom stereocenters. The molecule has 1 aromatic carbocycles. The van der Waals surface area contributed by atoms with Crippen molar-refractivity contribution in [2.45, 2.75) is 33.0 Å². The summed E-state index contributed by atoms with van der Waals surface area (Å²) in [5.41, 5.74) is 6.56. The van der Waals surface area contributed by atoms with Crippen LogP contribution < -0.4 is 10.5 Å². The molecule has 1 heterocycles. The molecule has 0 saturated heterocycles. The molecule has 102 valence electrons. The number of rotatable bonds is 6. The van der Waals surface area contributed by atoms with Crippen LogP contribution >= 0.6 is 11.6 Å². The fourth-order valence-corrected chi connectivity index (χ4v) is 2.06. The third kappa shape index (κ3) is 3.24. The van der Waals surface area contributed by atoms with Crippen molar-refractivity contribution < 1.29 is 4.74 Å². The molecule has 0 fully saturated rings. The van der Waals surface area contributed by atoms with Gasteiger partial charge in [0.05, 0.1) is 5.02 Å². The van der Waals surface area contributed by atoms with Gasteiger partial charge in [0.1, 0.15) is 18.7 Å². The van der Waals surface area contributed by atoms with Gasteiger partial charge >= 0.3 is 0 Å². The fraction of sp³-hybridized carbons (Fsp3) is 0.385. The van der Waals surface area contributed by atoms with Gasteiger partial charge in [-0.25, -0.2) is 9.67 Å². The summed E-state index contributed by atoms with van der Waals surface area (Å²) in [6, 6.07) is 5.54. The lowest BCUT2D eigenvalue weighted by Crippen LogP contribution is -2.10. The van der Waals surface area contributed by atoms with Crippen molar-refractivity contribution in [3.63, 3.8) is 0 Å². The van der Waals surface area contributed by atoms with Gasteiger partial charge in [-0.1, -0.05) is 30.7 Å². The highest BCUT2D eigenvalue weighted by atomic mass is 35.5. The second-order valence-corrected chi connectivity index (χ2v) is 4.53. The van der Waals surface area contributed by atoms with Gasteiger partial charge in [0.15, 0.2) is 5.82 Å². The van der Waals surface area contributed by atoms with Crippen molar-refractivity contribution in [1.82, 2.24) is 14.8 Å². The van der Waals surface area contributed by atoms with Crippen LogP contribution in [0.5, 0.6) is 5.75 Å². The van der Waals surface area contributed by atoms with E-state index in [0.29, 0.717) is 23.9 Å². The lowest BCUT2D eigenvalue weighted by molar-refractivity contribution is 0.283. The predicted molar refractivity (Wildman–Crippen MR) is 74.0 cm³/mol. The van der Waals surface area contributed by atoms with Gasteiger partial charge in [-0.05, 0) is 12.5 Å². The molecule has 0 saturated carbocycles. The maximum atomic E-state index is 6.13. The first-order valence-corrected chi connectivity index (χ1v) is 6.61. The van der Waals surface area contributed by atoms with Gasteiger partial charge in [0, 0.05) is 18.7 Å². The van der Waals surface area contributed by atoms with Crippen molar-refractivity contribution >= 4 is 11.6 Å². The van der Waals surface area contributed by atoms with Crippen LogP contribution in [0.15, 0.2) is 24.5 Å². The summed E-state index contributed by atoms with van der Waals surface area (Å²) in [4.78, 5) is 4.19. The van der Waals surface area contributed by atoms with E-state index in [9.17, 15) is 0 Å². The Morgan fingerprint density at radius 1 is 1.42 bits per heavy atom. The lowest BCUT2D eigenvalue weighted by atomic mass is 10.2. The zero-order valence-electron chi connectivity index (χ0n) is 10.8. The predicted octanol–water partition coefficient (Wildman–Crippen LogP) is 2.38. The van der Waals surface area contributed by atoms with Gasteiger partial charge < -0.3 is 10.5 Å². The number of hydrogen-bond acceptors (Lipinski definition) is 4. The molecular weight excluding hydrogens is 264 g/mol. The second kappa shape index (κ2) is 6.54. The Bertz CT molecular complexity index is 541. The van der Waals surface area contributed by atoms with E-state index in [4.69, 9.17) is 22.1 Å². The molecule has 0 aliphatic rings. The van der Waals surface area contributed by atoms with Crippen LogP contribution in [0, 0.1) is 0 Å². The van der Waals surface area contributed by atoms with Gasteiger partial charge in [-0.2, -0.15) is 5.10 Å². The van der Waals surface area contributed by atoms with E-state index in [2.05, 4.69) is 17.0 Å². The summed E-state index contributed by atoms with van der Waals surface area (Å²) in [7, 11) is 0. The molecule has 0 radical (unpaired) electrons. The summed E-state index contributed by atoms with van der Waals surface area (Å²) < 4.78 is 7.59. The Labute approximate surface area is 117 Å². The second-order valence-electron chi connectivity index (χ2n) is 4.12. The summed E-state index contributed by atoms with van der Waals surface area (Å²) in [6.45, 7) is 3.63. The average molecular weight is 281 g/mol. The highest BCUT2D eigenvalue weighted by Crippen LogP contribution is 2.28. The Morgan fingerprint density at radius 2 is 2.26 bits per heavy atom. The topological polar surface area (TPSA) is 66.0 Å². The summed E-state index contributed by atoms with van der Waals surface area (Å²) in [5, 5.41) is 4.71. The van der Waals surface area contributed by atoms with E-state index in [1.54, 1.807) is 6.07 Å². The van der Waals surface area contributed by atoms with E-state index < -0.39 is 0 Å². The zero-order valence-corrected chi connectivity index (χ0v) is 11.6. The van der Waals surface area contributed by atoms with E-state index in [-0.39, 0.29) is 0 Å². The normalized spacial score (nSPS) is 10.7. The molecule has 6 heteroatoms. The molecule has 5 nitrogen and oxygen atoms in total. The van der Waals surface area contributed by atoms with Crippen LogP contribution in [0.3, 0.4) is 0 Å². The van der Waals surface area contributed by atoms with Crippen LogP contribution in [0.25, 0.3) is 0 Å². The minimum Gasteiger partial charge on any atom is -0.484 e. The van der Waals surface area contributed by atoms with Crippen molar-refractivity contribution in [2.24, 2.45) is 5.73 Å². The molecule has 0 spiro atoms. The quantitative estimate of drug-likeness (QED) is 0.882. The summed E-state index contributed by atoms with van der Waals surface area (Å²) >= 11 is 6.13. The number of halogens is 1. The van der Waals surface area contributed by atoms with Crippen LogP contribution in [-0.2, 0) is 19.7 Å². The number of nitrogens with two attached hydrogens (primary N) is 1. The molecule has 19 heavy (non-hydrogen) atoms. The van der Waals surface area contributed by atoms with Crippen LogP contribution in [0.1, 0.15) is 24.7 Å². The number of hydrogen-bond donors (Lipinski definition) is 1. The van der Waals surface area contributed by atoms with Crippen LogP contribution in [-0.4, -0.2) is 14.8 Å². The van der Waals surface area contributed by atoms with E-state index in [1.165, 1.54) is 6.33 Å². The number of aromatic nitrogens is 3. The lowest BCUT2D eigenvalue weighted by Gasteiger charge is -2.12. The molecule has 0 bridgehead atoms. The highest BCUT2D eigenvalue weighted by molar-refractivity contribution is 6.32. The molecule has 2 N–H and O–H groups in total. The smallest absolute Gasteiger partial charge is 0.164 e. The van der Waals surface area contributed by atoms with Gasteiger partial charge in [-0.15, -0.1) is 0 Å². The third-order valence-electron chi connectivity index (χ3n) is 2.75. The van der Waals surface area contributed by atoms with E-state index in [1.807, 2.05) is 16.8 Å². The number of para-hydroxylation sites is 1. The molecule has 0 amide bonds. The monoisotopic (exact) mass is 280 g/mol. The molecule has 0 aliphatic heterocycles. The molecule has 0 unspecified atom stereocenters. The van der Waals surface area contributed by atoms with Gasteiger partial charge in [0.2, 0.25) is 0 Å². The van der Waals surface area contributed by atoms with E-state index in [0.717, 1.165) is 24.4 Å². The van der Waals surface area contributed by atoms with Crippen molar-refractivity contribution in [1.29, 1.82) is 0 Å². The number of benzene rings is 1. The Balaban J connectivity index is 2.12. The summed E-state index contributed by atoms with van der Waals surface area (Å²) in [5.74, 6) is 1.41. The standard InChI is InChI=1S/C13H17ClN4O/c1-2-6-18-12(16-9-17-18)8-19-13-10(7-15)4-3-5-11(13)14/h3-5,9H,2,6-8,15H2,1H3. The Morgan fingerprint density at radius 3 is 3.00 bits per heavy atom. The minimum absolute atomic E-state index is 0.330. The molecule has 0 aliphatic carbocycles. The molecule has 1 aromatic heterocycles. The minimum atomic E-state index is 0.330. The number of aryl methyl sites for hydroxylation is 1. The first-order valence-electron chi connectivity index (χ1n) is 6.23. The van der Waals surface area contributed by atoms with Crippen molar-refractivity contribution in [2.75, 3.05) is 0 Å². The largest absolute Gasteiger partial charge is 0.484 e. The molecule has 2 rings (SSSR count). The summed E-state index contributed by atoms with van der Waals surface area (Å²) in [6.07, 6.45) is 2.53. The average Bonchev–Trinajstić information content (AvgIpc) is 2.85. The van der Waals surface area contributed by atoms with Crippen LogP contribution in [0.2, 0.25) is 5.02 Å². The van der Waals surface area contributed by atoms with E-state index >= 15 is 0 Å². The van der Waals surface area contributed by atoms with Crippen molar-refractivity contribution in [3.8, 4) is 5.75 Å². The first-order chi connectivity index (χ1) is 9.26.